The Labute approximate surface area is 115 Å². The van der Waals surface area contributed by atoms with Gasteiger partial charge in [-0.2, -0.15) is 0 Å². The van der Waals surface area contributed by atoms with Crippen LogP contribution in [0.25, 0.3) is 0 Å². The maximum atomic E-state index is 11.9. The molecule has 2 bridgehead atoms. The van der Waals surface area contributed by atoms with Crippen molar-refractivity contribution in [3.63, 3.8) is 0 Å². The van der Waals surface area contributed by atoms with Crippen molar-refractivity contribution < 1.29 is 23.8 Å². The van der Waals surface area contributed by atoms with E-state index in [4.69, 9.17) is 14.2 Å². The third-order valence-electron chi connectivity index (χ3n) is 3.03. The summed E-state index contributed by atoms with van der Waals surface area (Å²) in [7, 11) is 2.51. The molecule has 0 N–H and O–H groups in total. The van der Waals surface area contributed by atoms with Crippen molar-refractivity contribution in [3.8, 4) is 0 Å². The molecule has 2 aliphatic rings. The van der Waals surface area contributed by atoms with Crippen LogP contribution >= 0.6 is 31.9 Å². The molecule has 0 aliphatic carbocycles. The lowest BCUT2D eigenvalue weighted by molar-refractivity contribution is -0.151. The van der Waals surface area contributed by atoms with Crippen LogP contribution in [0.5, 0.6) is 0 Å². The molecule has 2 aliphatic heterocycles. The van der Waals surface area contributed by atoms with Gasteiger partial charge in [0.05, 0.1) is 14.2 Å². The SMILES string of the molecule is COC(=O)C1(Br)[C@@H]2C=C[C@H](O2)C1(Br)C(=O)OC. The summed E-state index contributed by atoms with van der Waals surface area (Å²) in [5, 5.41) is 0. The zero-order valence-electron chi connectivity index (χ0n) is 9.11. The highest BCUT2D eigenvalue weighted by atomic mass is 79.9. The van der Waals surface area contributed by atoms with Crippen LogP contribution in [0, 0.1) is 0 Å². The number of hydrogen-bond acceptors (Lipinski definition) is 5. The summed E-state index contributed by atoms with van der Waals surface area (Å²) >= 11 is 6.59. The number of alkyl halides is 2. The molecule has 7 heteroatoms. The van der Waals surface area contributed by atoms with Crippen molar-refractivity contribution >= 4 is 43.8 Å². The standard InChI is InChI=1S/C10H10Br2O5/c1-15-7(13)9(11)5-3-4-6(17-5)10(9,12)8(14)16-2/h3-6H,1-2H3/t5-,6-,9?,10?/m0/s1. The number of carbonyl (C=O) groups excluding carboxylic acids is 2. The Kier molecular flexibility index (Phi) is 3.12. The van der Waals surface area contributed by atoms with Gasteiger partial charge in [0.25, 0.3) is 0 Å². The van der Waals surface area contributed by atoms with E-state index in [0.29, 0.717) is 0 Å². The van der Waals surface area contributed by atoms with Gasteiger partial charge < -0.3 is 14.2 Å². The molecular weight excluding hydrogens is 360 g/mol. The van der Waals surface area contributed by atoms with E-state index < -0.39 is 32.8 Å². The van der Waals surface area contributed by atoms with Crippen LogP contribution in [-0.4, -0.2) is 47.0 Å². The van der Waals surface area contributed by atoms with Crippen LogP contribution in [-0.2, 0) is 23.8 Å². The first-order valence-corrected chi connectivity index (χ1v) is 6.40. The van der Waals surface area contributed by atoms with E-state index in [-0.39, 0.29) is 0 Å². The Bertz CT molecular complexity index is 374. The average Bonchev–Trinajstić information content (AvgIpc) is 2.90. The summed E-state index contributed by atoms with van der Waals surface area (Å²) in [4.78, 5) is 23.9. The van der Waals surface area contributed by atoms with Crippen LogP contribution in [0.2, 0.25) is 0 Å². The van der Waals surface area contributed by atoms with Gasteiger partial charge in [-0.05, 0) is 0 Å². The number of carbonyl (C=O) groups is 2. The highest BCUT2D eigenvalue weighted by molar-refractivity contribution is 9.13. The number of methoxy groups -OCH3 is 2. The predicted octanol–water partition coefficient (Wildman–Crippen LogP) is 0.937. The molecule has 1 saturated heterocycles. The molecule has 2 unspecified atom stereocenters. The van der Waals surface area contributed by atoms with Gasteiger partial charge in [-0.3, -0.25) is 9.59 Å². The van der Waals surface area contributed by atoms with E-state index in [1.807, 2.05) is 0 Å². The van der Waals surface area contributed by atoms with Crippen LogP contribution in [0.3, 0.4) is 0 Å². The maximum absolute atomic E-state index is 11.9. The van der Waals surface area contributed by atoms with Crippen LogP contribution < -0.4 is 0 Å². The first-order valence-electron chi connectivity index (χ1n) is 4.81. The Morgan fingerprint density at radius 2 is 1.41 bits per heavy atom. The fourth-order valence-electron chi connectivity index (χ4n) is 2.14. The highest BCUT2D eigenvalue weighted by Gasteiger charge is 2.74. The van der Waals surface area contributed by atoms with E-state index in [0.717, 1.165) is 0 Å². The lowest BCUT2D eigenvalue weighted by Gasteiger charge is -2.36. The smallest absolute Gasteiger partial charge is 0.327 e. The minimum absolute atomic E-state index is 0.571. The summed E-state index contributed by atoms with van der Waals surface area (Å²) in [5.74, 6) is -1.17. The van der Waals surface area contributed by atoms with Crippen LogP contribution in [0.4, 0.5) is 0 Å². The summed E-state index contributed by atoms with van der Waals surface area (Å²) < 4.78 is 12.4. The normalized spacial score (nSPS) is 42.6. The molecule has 0 aromatic heterocycles. The Morgan fingerprint density at radius 1 is 1.06 bits per heavy atom. The molecule has 0 radical (unpaired) electrons. The quantitative estimate of drug-likeness (QED) is 0.412. The molecule has 0 aromatic rings. The number of fused-ring (bicyclic) bond motifs is 2. The Balaban J connectivity index is 2.53. The lowest BCUT2D eigenvalue weighted by Crippen LogP contribution is -2.61. The molecule has 2 heterocycles. The third kappa shape index (κ3) is 1.39. The van der Waals surface area contributed by atoms with Gasteiger partial charge in [0.15, 0.2) is 8.65 Å². The van der Waals surface area contributed by atoms with Crippen molar-refractivity contribution in [3.05, 3.63) is 12.2 Å². The minimum Gasteiger partial charge on any atom is -0.468 e. The largest absolute Gasteiger partial charge is 0.468 e. The number of esters is 2. The van der Waals surface area contributed by atoms with Gasteiger partial charge in [-0.15, -0.1) is 0 Å². The summed E-state index contributed by atoms with van der Waals surface area (Å²) in [6.07, 6.45) is 2.30. The monoisotopic (exact) mass is 368 g/mol. The Hall–Kier alpha value is -0.400. The first kappa shape index (κ1) is 13.0. The summed E-state index contributed by atoms with van der Waals surface area (Å²) in [5.41, 5.74) is 0. The maximum Gasteiger partial charge on any atom is 0.327 e. The molecule has 1 fully saturated rings. The molecule has 17 heavy (non-hydrogen) atoms. The average molecular weight is 370 g/mol. The fourth-order valence-corrected chi connectivity index (χ4v) is 3.76. The highest BCUT2D eigenvalue weighted by Crippen LogP contribution is 2.56. The van der Waals surface area contributed by atoms with E-state index in [1.165, 1.54) is 14.2 Å². The topological polar surface area (TPSA) is 61.8 Å². The number of hydrogen-bond donors (Lipinski definition) is 0. The van der Waals surface area contributed by atoms with E-state index in [2.05, 4.69) is 31.9 Å². The van der Waals surface area contributed by atoms with Crippen molar-refractivity contribution in [2.45, 2.75) is 20.9 Å². The molecule has 4 atom stereocenters. The molecule has 2 rings (SSSR count). The fraction of sp³-hybridized carbons (Fsp3) is 0.600. The van der Waals surface area contributed by atoms with E-state index in [1.54, 1.807) is 12.2 Å². The minimum atomic E-state index is -1.32. The van der Waals surface area contributed by atoms with E-state index >= 15 is 0 Å². The molecule has 0 amide bonds. The van der Waals surface area contributed by atoms with Gasteiger partial charge in [-0.25, -0.2) is 0 Å². The molecule has 0 aromatic carbocycles. The molecule has 5 nitrogen and oxygen atoms in total. The number of ether oxygens (including phenoxy) is 3. The number of rotatable bonds is 2. The zero-order chi connectivity index (χ0) is 12.8. The summed E-state index contributed by atoms with van der Waals surface area (Å²) in [6, 6.07) is 0. The van der Waals surface area contributed by atoms with Crippen LogP contribution in [0.15, 0.2) is 12.2 Å². The van der Waals surface area contributed by atoms with Crippen molar-refractivity contribution in [2.75, 3.05) is 14.2 Å². The molecule has 94 valence electrons. The van der Waals surface area contributed by atoms with Crippen molar-refractivity contribution in [1.29, 1.82) is 0 Å². The molecule has 0 spiro atoms. The lowest BCUT2D eigenvalue weighted by atomic mass is 9.82. The molecule has 0 saturated carbocycles. The van der Waals surface area contributed by atoms with Crippen molar-refractivity contribution in [2.24, 2.45) is 0 Å². The second-order valence-corrected chi connectivity index (χ2v) is 6.27. The summed E-state index contributed by atoms with van der Waals surface area (Å²) in [6.45, 7) is 0. The first-order chi connectivity index (χ1) is 7.92. The van der Waals surface area contributed by atoms with Gasteiger partial charge in [0.2, 0.25) is 0 Å². The van der Waals surface area contributed by atoms with Gasteiger partial charge >= 0.3 is 11.9 Å². The zero-order valence-corrected chi connectivity index (χ0v) is 12.3. The number of halogens is 2. The van der Waals surface area contributed by atoms with Gasteiger partial charge in [0.1, 0.15) is 12.2 Å². The second kappa shape index (κ2) is 4.07. The second-order valence-electron chi connectivity index (χ2n) is 3.77. The predicted molar refractivity (Wildman–Crippen MR) is 65.1 cm³/mol. The Morgan fingerprint density at radius 3 is 1.71 bits per heavy atom. The van der Waals surface area contributed by atoms with Crippen LogP contribution in [0.1, 0.15) is 0 Å². The van der Waals surface area contributed by atoms with E-state index in [9.17, 15) is 9.59 Å². The molecular formula is C10H10Br2O5. The van der Waals surface area contributed by atoms with Gasteiger partial charge in [-0.1, -0.05) is 44.0 Å². The van der Waals surface area contributed by atoms with Gasteiger partial charge in [0, 0.05) is 0 Å². The van der Waals surface area contributed by atoms with Crippen molar-refractivity contribution in [1.82, 2.24) is 0 Å². The third-order valence-corrected chi connectivity index (χ3v) is 6.37.